The van der Waals surface area contributed by atoms with Crippen LogP contribution >= 0.6 is 0 Å². The molecule has 0 unspecified atom stereocenters. The lowest BCUT2D eigenvalue weighted by Gasteiger charge is -2.15. The Balaban J connectivity index is 1.95. The van der Waals surface area contributed by atoms with E-state index in [4.69, 9.17) is 4.74 Å². The number of benzene rings is 2. The SMILES string of the molecule is C[C@@H](Oc1ccc(F)cc1)C(=O)NNS(=O)(=O)c1cccc(F)c1. The maximum absolute atomic E-state index is 13.1. The Kier molecular flexibility index (Phi) is 5.47. The Bertz CT molecular complexity index is 826. The fraction of sp³-hybridized carbons (Fsp3) is 0.133. The molecule has 0 aliphatic rings. The molecule has 0 heterocycles. The standard InChI is InChI=1S/C15H14F2N2O4S/c1-10(23-13-7-5-11(16)6-8-13)15(20)18-19-24(21,22)14-4-2-3-12(17)9-14/h2-10,19H,1H3,(H,18,20)/t10-/m1/s1. The highest BCUT2D eigenvalue weighted by molar-refractivity contribution is 7.89. The third-order valence-electron chi connectivity index (χ3n) is 2.91. The molecule has 0 aliphatic heterocycles. The third-order valence-corrected chi connectivity index (χ3v) is 4.16. The number of halogens is 2. The van der Waals surface area contributed by atoms with E-state index in [0.29, 0.717) is 0 Å². The van der Waals surface area contributed by atoms with Crippen molar-refractivity contribution in [2.45, 2.75) is 17.9 Å². The molecule has 128 valence electrons. The third kappa shape index (κ3) is 4.74. The number of carbonyl (C=O) groups is 1. The van der Waals surface area contributed by atoms with Crippen molar-refractivity contribution in [3.63, 3.8) is 0 Å². The lowest BCUT2D eigenvalue weighted by Crippen LogP contribution is -2.47. The van der Waals surface area contributed by atoms with Crippen LogP contribution in [0, 0.1) is 11.6 Å². The number of amides is 1. The summed E-state index contributed by atoms with van der Waals surface area (Å²) in [4.78, 5) is 13.4. The molecule has 0 bridgehead atoms. The average molecular weight is 356 g/mol. The molecule has 6 nitrogen and oxygen atoms in total. The zero-order valence-corrected chi connectivity index (χ0v) is 13.3. The van der Waals surface area contributed by atoms with Gasteiger partial charge in [0.05, 0.1) is 4.90 Å². The molecular formula is C15H14F2N2O4S. The number of hydrogen-bond acceptors (Lipinski definition) is 4. The Morgan fingerprint density at radius 3 is 2.38 bits per heavy atom. The van der Waals surface area contributed by atoms with Gasteiger partial charge in [-0.25, -0.2) is 17.2 Å². The zero-order chi connectivity index (χ0) is 17.7. The van der Waals surface area contributed by atoms with Gasteiger partial charge in [-0.2, -0.15) is 0 Å². The van der Waals surface area contributed by atoms with Gasteiger partial charge in [0.15, 0.2) is 6.10 Å². The van der Waals surface area contributed by atoms with Crippen LogP contribution in [0.5, 0.6) is 5.75 Å². The van der Waals surface area contributed by atoms with Crippen molar-refractivity contribution < 1.29 is 26.7 Å². The van der Waals surface area contributed by atoms with Crippen LogP contribution < -0.4 is 15.0 Å². The molecule has 0 spiro atoms. The van der Waals surface area contributed by atoms with Crippen LogP contribution in [0.15, 0.2) is 53.4 Å². The van der Waals surface area contributed by atoms with Gasteiger partial charge in [-0.15, -0.1) is 4.83 Å². The molecule has 0 saturated heterocycles. The van der Waals surface area contributed by atoms with Crippen LogP contribution in [0.3, 0.4) is 0 Å². The van der Waals surface area contributed by atoms with E-state index >= 15 is 0 Å². The molecular weight excluding hydrogens is 342 g/mol. The van der Waals surface area contributed by atoms with E-state index in [9.17, 15) is 22.0 Å². The summed E-state index contributed by atoms with van der Waals surface area (Å²) in [7, 11) is -4.12. The number of hydrogen-bond donors (Lipinski definition) is 2. The fourth-order valence-corrected chi connectivity index (χ4v) is 2.56. The number of ether oxygens (including phenoxy) is 1. The minimum atomic E-state index is -4.12. The molecule has 2 aromatic carbocycles. The van der Waals surface area contributed by atoms with E-state index in [1.54, 1.807) is 0 Å². The molecule has 0 saturated carbocycles. The molecule has 2 N–H and O–H groups in total. The minimum Gasteiger partial charge on any atom is -0.481 e. The summed E-state index contributed by atoms with van der Waals surface area (Å²) < 4.78 is 55.0. The molecule has 1 amide bonds. The van der Waals surface area contributed by atoms with E-state index in [1.165, 1.54) is 31.2 Å². The van der Waals surface area contributed by atoms with E-state index in [0.717, 1.165) is 24.3 Å². The second-order valence-corrected chi connectivity index (χ2v) is 6.45. The Morgan fingerprint density at radius 2 is 1.75 bits per heavy atom. The van der Waals surface area contributed by atoms with Crippen molar-refractivity contribution in [1.29, 1.82) is 0 Å². The van der Waals surface area contributed by atoms with Crippen LogP contribution in [0.2, 0.25) is 0 Å². The van der Waals surface area contributed by atoms with Gasteiger partial charge in [0.2, 0.25) is 0 Å². The summed E-state index contributed by atoms with van der Waals surface area (Å²) in [5, 5.41) is 0. The molecule has 0 radical (unpaired) electrons. The first-order chi connectivity index (χ1) is 11.3. The Hall–Kier alpha value is -2.52. The van der Waals surface area contributed by atoms with Crippen LogP contribution in [0.1, 0.15) is 6.92 Å². The van der Waals surface area contributed by atoms with Crippen LogP contribution in [-0.2, 0) is 14.8 Å². The minimum absolute atomic E-state index is 0.243. The quantitative estimate of drug-likeness (QED) is 0.772. The van der Waals surface area contributed by atoms with Crippen LogP contribution in [0.25, 0.3) is 0 Å². The fourth-order valence-electron chi connectivity index (χ4n) is 1.68. The second-order valence-electron chi connectivity index (χ2n) is 4.77. The molecule has 0 aliphatic carbocycles. The predicted molar refractivity (Wildman–Crippen MR) is 81.4 cm³/mol. The number of rotatable bonds is 6. The number of sulfonamides is 1. The van der Waals surface area contributed by atoms with Crippen molar-refractivity contribution in [2.75, 3.05) is 0 Å². The van der Waals surface area contributed by atoms with Crippen molar-refractivity contribution in [3.05, 3.63) is 60.2 Å². The van der Waals surface area contributed by atoms with Crippen molar-refractivity contribution >= 4 is 15.9 Å². The molecule has 2 aromatic rings. The Labute approximate surface area is 137 Å². The maximum Gasteiger partial charge on any atom is 0.275 e. The monoisotopic (exact) mass is 356 g/mol. The molecule has 0 fully saturated rings. The predicted octanol–water partition coefficient (Wildman–Crippen LogP) is 1.74. The van der Waals surface area contributed by atoms with Gasteiger partial charge in [-0.1, -0.05) is 6.07 Å². The summed E-state index contributed by atoms with van der Waals surface area (Å²) in [6, 6.07) is 9.29. The first-order valence-electron chi connectivity index (χ1n) is 6.77. The zero-order valence-electron chi connectivity index (χ0n) is 12.5. The van der Waals surface area contributed by atoms with E-state index in [2.05, 4.69) is 0 Å². The molecule has 24 heavy (non-hydrogen) atoms. The summed E-state index contributed by atoms with van der Waals surface area (Å²) in [6.07, 6.45) is -1.05. The van der Waals surface area contributed by atoms with Gasteiger partial charge in [0.25, 0.3) is 15.9 Å². The molecule has 0 aromatic heterocycles. The largest absolute Gasteiger partial charge is 0.481 e. The molecule has 2 rings (SSSR count). The highest BCUT2D eigenvalue weighted by Crippen LogP contribution is 2.13. The number of hydrazine groups is 1. The van der Waals surface area contributed by atoms with Crippen molar-refractivity contribution in [3.8, 4) is 5.75 Å². The van der Waals surface area contributed by atoms with Gasteiger partial charge < -0.3 is 4.74 Å². The van der Waals surface area contributed by atoms with Crippen LogP contribution in [-0.4, -0.2) is 20.4 Å². The highest BCUT2D eigenvalue weighted by Gasteiger charge is 2.19. The van der Waals surface area contributed by atoms with Gasteiger partial charge in [0, 0.05) is 0 Å². The normalized spacial score (nSPS) is 12.5. The van der Waals surface area contributed by atoms with Crippen molar-refractivity contribution in [1.82, 2.24) is 10.3 Å². The van der Waals surface area contributed by atoms with Crippen LogP contribution in [0.4, 0.5) is 8.78 Å². The first-order valence-corrected chi connectivity index (χ1v) is 8.26. The van der Waals surface area contributed by atoms with Gasteiger partial charge in [-0.3, -0.25) is 10.2 Å². The van der Waals surface area contributed by atoms with E-state index in [-0.39, 0.29) is 10.6 Å². The topological polar surface area (TPSA) is 84.5 Å². The first kappa shape index (κ1) is 17.8. The van der Waals surface area contributed by atoms with Gasteiger partial charge in [0.1, 0.15) is 17.4 Å². The van der Waals surface area contributed by atoms with E-state index in [1.807, 2.05) is 10.3 Å². The lowest BCUT2D eigenvalue weighted by molar-refractivity contribution is -0.127. The summed E-state index contributed by atoms with van der Waals surface area (Å²) in [6.45, 7) is 1.38. The summed E-state index contributed by atoms with van der Waals surface area (Å²) in [5.74, 6) is -1.72. The number of nitrogens with one attached hydrogen (secondary N) is 2. The smallest absolute Gasteiger partial charge is 0.275 e. The summed E-state index contributed by atoms with van der Waals surface area (Å²) in [5.41, 5.74) is 1.97. The van der Waals surface area contributed by atoms with E-state index < -0.39 is 33.7 Å². The Morgan fingerprint density at radius 1 is 1.08 bits per heavy atom. The van der Waals surface area contributed by atoms with Gasteiger partial charge >= 0.3 is 0 Å². The van der Waals surface area contributed by atoms with Crippen molar-refractivity contribution in [2.24, 2.45) is 0 Å². The number of carbonyl (C=O) groups excluding carboxylic acids is 1. The summed E-state index contributed by atoms with van der Waals surface area (Å²) >= 11 is 0. The highest BCUT2D eigenvalue weighted by atomic mass is 32.2. The molecule has 9 heteroatoms. The van der Waals surface area contributed by atoms with Gasteiger partial charge in [-0.05, 0) is 49.4 Å². The maximum atomic E-state index is 13.1. The molecule has 1 atom stereocenters. The lowest BCUT2D eigenvalue weighted by atomic mass is 10.3. The average Bonchev–Trinajstić information content (AvgIpc) is 2.55. The second kappa shape index (κ2) is 7.37.